The molecule has 0 aliphatic rings. The average Bonchev–Trinajstić information content (AvgIpc) is 2.95. The number of rotatable bonds is 4. The van der Waals surface area contributed by atoms with Crippen molar-refractivity contribution in [2.24, 2.45) is 0 Å². The molecule has 1 heterocycles. The van der Waals surface area contributed by atoms with Crippen molar-refractivity contribution in [3.05, 3.63) is 40.5 Å². The van der Waals surface area contributed by atoms with Gasteiger partial charge in [-0.3, -0.25) is 0 Å². The van der Waals surface area contributed by atoms with Crippen LogP contribution in [0.1, 0.15) is 18.1 Å². The molecule has 25 heavy (non-hydrogen) atoms. The Morgan fingerprint density at radius 3 is 2.64 bits per heavy atom. The number of ether oxygens (including phenoxy) is 2. The lowest BCUT2D eigenvalue weighted by atomic mass is 10.2. The normalized spacial score (nSPS) is 12.4. The van der Waals surface area contributed by atoms with Crippen molar-refractivity contribution in [1.29, 1.82) is 5.26 Å². The van der Waals surface area contributed by atoms with Gasteiger partial charge in [-0.05, 0) is 25.1 Å². The summed E-state index contributed by atoms with van der Waals surface area (Å²) in [6.07, 6.45) is -4.48. The summed E-state index contributed by atoms with van der Waals surface area (Å²) in [6, 6.07) is 4.47. The molecule has 1 unspecified atom stereocenters. The van der Waals surface area contributed by atoms with Gasteiger partial charge in [-0.1, -0.05) is 11.6 Å². The van der Waals surface area contributed by atoms with E-state index in [4.69, 9.17) is 21.6 Å². The van der Waals surface area contributed by atoms with E-state index in [1.54, 1.807) is 0 Å². The van der Waals surface area contributed by atoms with Crippen LogP contribution in [0.2, 0.25) is 5.02 Å². The average molecular weight is 374 g/mol. The second-order valence-electron chi connectivity index (χ2n) is 4.83. The second kappa shape index (κ2) is 7.03. The number of halogens is 4. The summed E-state index contributed by atoms with van der Waals surface area (Å²) in [6.45, 7) is 1.39. The Morgan fingerprint density at radius 2 is 2.12 bits per heavy atom. The third-order valence-electron chi connectivity index (χ3n) is 3.17. The molecule has 0 bridgehead atoms. The van der Waals surface area contributed by atoms with Crippen molar-refractivity contribution >= 4 is 17.6 Å². The minimum absolute atomic E-state index is 0.0216. The molecule has 0 saturated carbocycles. The molecule has 1 aromatic heterocycles. The molecular weight excluding hydrogens is 363 g/mol. The van der Waals surface area contributed by atoms with Crippen LogP contribution in [-0.2, 0) is 15.7 Å². The van der Waals surface area contributed by atoms with Crippen molar-refractivity contribution in [3.63, 3.8) is 0 Å². The largest absolute Gasteiger partial charge is 0.466 e. The molecule has 0 aliphatic heterocycles. The fraction of sp³-hybridized carbons (Fsp3) is 0.267. The summed E-state index contributed by atoms with van der Waals surface area (Å²) in [5.41, 5.74) is -0.894. The minimum Gasteiger partial charge on any atom is -0.466 e. The maximum atomic E-state index is 12.7. The fourth-order valence-corrected chi connectivity index (χ4v) is 2.20. The van der Waals surface area contributed by atoms with E-state index in [1.165, 1.54) is 6.92 Å². The number of nitrogens with zero attached hydrogens (tertiary/aromatic N) is 3. The molecule has 0 radical (unpaired) electrons. The van der Waals surface area contributed by atoms with E-state index < -0.39 is 23.8 Å². The van der Waals surface area contributed by atoms with E-state index >= 15 is 0 Å². The SMILES string of the molecule is COC(=O)C(C)Oc1c(C#N)cnn1-c1ccc(C(F)(F)F)cc1Cl. The lowest BCUT2D eigenvalue weighted by molar-refractivity contribution is -0.148. The molecule has 0 fully saturated rings. The Morgan fingerprint density at radius 1 is 1.44 bits per heavy atom. The third kappa shape index (κ3) is 3.85. The van der Waals surface area contributed by atoms with Crippen molar-refractivity contribution in [1.82, 2.24) is 9.78 Å². The van der Waals surface area contributed by atoms with Gasteiger partial charge in [0, 0.05) is 0 Å². The van der Waals surface area contributed by atoms with Crippen molar-refractivity contribution in [2.75, 3.05) is 7.11 Å². The maximum absolute atomic E-state index is 12.7. The fourth-order valence-electron chi connectivity index (χ4n) is 1.94. The lowest BCUT2D eigenvalue weighted by Gasteiger charge is -2.15. The summed E-state index contributed by atoms with van der Waals surface area (Å²) in [5.74, 6) is -0.836. The Kier molecular flexibility index (Phi) is 5.23. The van der Waals surface area contributed by atoms with Gasteiger partial charge in [0.15, 0.2) is 6.10 Å². The van der Waals surface area contributed by atoms with Crippen molar-refractivity contribution in [2.45, 2.75) is 19.2 Å². The number of nitriles is 1. The van der Waals surface area contributed by atoms with E-state index in [-0.39, 0.29) is 22.2 Å². The monoisotopic (exact) mass is 373 g/mol. The van der Waals surface area contributed by atoms with Gasteiger partial charge in [0.2, 0.25) is 5.88 Å². The first-order chi connectivity index (χ1) is 11.7. The first kappa shape index (κ1) is 18.6. The van der Waals surface area contributed by atoms with E-state index in [2.05, 4.69) is 9.84 Å². The number of carbonyl (C=O) groups is 1. The van der Waals surface area contributed by atoms with Crippen LogP contribution in [0, 0.1) is 11.3 Å². The van der Waals surface area contributed by atoms with Crippen molar-refractivity contribution in [3.8, 4) is 17.6 Å². The van der Waals surface area contributed by atoms with Crippen molar-refractivity contribution < 1.29 is 27.4 Å². The van der Waals surface area contributed by atoms with Crippen LogP contribution in [0.5, 0.6) is 5.88 Å². The zero-order valence-electron chi connectivity index (χ0n) is 13.0. The number of aromatic nitrogens is 2. The topological polar surface area (TPSA) is 77.1 Å². The predicted octanol–water partition coefficient (Wildman–Crippen LogP) is 3.36. The number of benzene rings is 1. The molecule has 1 aromatic carbocycles. The third-order valence-corrected chi connectivity index (χ3v) is 3.47. The second-order valence-corrected chi connectivity index (χ2v) is 5.24. The summed E-state index contributed by atoms with van der Waals surface area (Å²) in [7, 11) is 1.16. The van der Waals surface area contributed by atoms with Crippen LogP contribution < -0.4 is 4.74 Å². The van der Waals surface area contributed by atoms with E-state index in [1.807, 2.05) is 6.07 Å². The summed E-state index contributed by atoms with van der Waals surface area (Å²) >= 11 is 5.93. The highest BCUT2D eigenvalue weighted by Crippen LogP contribution is 2.34. The highest BCUT2D eigenvalue weighted by Gasteiger charge is 2.31. The summed E-state index contributed by atoms with van der Waals surface area (Å²) in [4.78, 5) is 11.5. The van der Waals surface area contributed by atoms with Gasteiger partial charge < -0.3 is 9.47 Å². The van der Waals surface area contributed by atoms with Crippen LogP contribution in [0.3, 0.4) is 0 Å². The van der Waals surface area contributed by atoms with Gasteiger partial charge >= 0.3 is 12.1 Å². The van der Waals surface area contributed by atoms with Crippen LogP contribution in [-0.4, -0.2) is 29.0 Å². The number of esters is 1. The zero-order chi connectivity index (χ0) is 18.8. The van der Waals surface area contributed by atoms with Gasteiger partial charge in [-0.15, -0.1) is 0 Å². The van der Waals surface area contributed by atoms with Gasteiger partial charge in [-0.25, -0.2) is 4.79 Å². The number of alkyl halides is 3. The Labute approximate surface area is 145 Å². The first-order valence-electron chi connectivity index (χ1n) is 6.78. The first-order valence-corrected chi connectivity index (χ1v) is 7.16. The minimum atomic E-state index is -4.55. The smallest absolute Gasteiger partial charge is 0.416 e. The van der Waals surface area contributed by atoms with Crippen LogP contribution in [0.25, 0.3) is 5.69 Å². The zero-order valence-corrected chi connectivity index (χ0v) is 13.7. The van der Waals surface area contributed by atoms with Gasteiger partial charge in [-0.2, -0.15) is 28.2 Å². The number of methoxy groups -OCH3 is 1. The Bertz CT molecular complexity index is 843. The van der Waals surface area contributed by atoms with E-state index in [0.29, 0.717) is 0 Å². The number of hydrogen-bond acceptors (Lipinski definition) is 5. The highest BCUT2D eigenvalue weighted by atomic mass is 35.5. The molecule has 10 heteroatoms. The van der Waals surface area contributed by atoms with Gasteiger partial charge in [0.05, 0.1) is 29.6 Å². The maximum Gasteiger partial charge on any atom is 0.416 e. The predicted molar refractivity (Wildman–Crippen MR) is 80.4 cm³/mol. The molecule has 2 aromatic rings. The molecule has 0 saturated heterocycles. The molecule has 6 nitrogen and oxygen atoms in total. The summed E-state index contributed by atoms with van der Waals surface area (Å²) in [5, 5.41) is 12.8. The molecule has 0 aliphatic carbocycles. The molecular formula is C15H11ClF3N3O3. The molecule has 0 spiro atoms. The molecule has 0 N–H and O–H groups in total. The van der Waals surface area contributed by atoms with Gasteiger partial charge in [0.1, 0.15) is 11.6 Å². The number of hydrogen-bond donors (Lipinski definition) is 0. The van der Waals surface area contributed by atoms with Crippen LogP contribution in [0.15, 0.2) is 24.4 Å². The molecule has 1 atom stereocenters. The number of carbonyl (C=O) groups excluding carboxylic acids is 1. The molecule has 2 rings (SSSR count). The quantitative estimate of drug-likeness (QED) is 0.768. The lowest BCUT2D eigenvalue weighted by Crippen LogP contribution is -2.26. The van der Waals surface area contributed by atoms with Crippen LogP contribution >= 0.6 is 11.6 Å². The van der Waals surface area contributed by atoms with Gasteiger partial charge in [0.25, 0.3) is 0 Å². The van der Waals surface area contributed by atoms with Crippen LogP contribution in [0.4, 0.5) is 13.2 Å². The van der Waals surface area contributed by atoms with E-state index in [0.717, 1.165) is 36.2 Å². The highest BCUT2D eigenvalue weighted by molar-refractivity contribution is 6.32. The molecule has 132 valence electrons. The Balaban J connectivity index is 2.49. The standard InChI is InChI=1S/C15H11ClF3N3O3/c1-8(14(23)24-2)25-13-9(6-20)7-21-22(13)12-4-3-10(5-11(12)16)15(17,18)19/h3-5,7-8H,1-2H3. The Hall–Kier alpha value is -2.73. The summed E-state index contributed by atoms with van der Waals surface area (Å²) < 4.78 is 49.2. The molecule has 0 amide bonds. The van der Waals surface area contributed by atoms with E-state index in [9.17, 15) is 18.0 Å².